The van der Waals surface area contributed by atoms with Crippen LogP contribution in [0.5, 0.6) is 0 Å². The highest BCUT2D eigenvalue weighted by molar-refractivity contribution is 5.05. The third-order valence-corrected chi connectivity index (χ3v) is 2.79. The molecule has 0 amide bonds. The Balaban J connectivity index is 2.52. The first kappa shape index (κ1) is 8.83. The van der Waals surface area contributed by atoms with E-state index in [1.54, 1.807) is 5.57 Å². The molecule has 0 aliphatic heterocycles. The quantitative estimate of drug-likeness (QED) is 0.499. The topological polar surface area (TPSA) is 0 Å². The summed E-state index contributed by atoms with van der Waals surface area (Å²) < 4.78 is 0. The molecule has 0 N–H and O–H groups in total. The molecular weight excluding hydrogens is 132 g/mol. The highest BCUT2D eigenvalue weighted by atomic mass is 14.1. The Labute approximate surface area is 70.7 Å². The summed E-state index contributed by atoms with van der Waals surface area (Å²) in [6.07, 6.45) is 10.8. The smallest absolute Gasteiger partial charge is 0.0232 e. The molecule has 0 fully saturated rings. The van der Waals surface area contributed by atoms with Crippen LogP contribution in [0.3, 0.4) is 0 Å². The number of hydrogen-bond donors (Lipinski definition) is 0. The molecule has 0 aromatic carbocycles. The summed E-state index contributed by atoms with van der Waals surface area (Å²) in [6, 6.07) is 0. The van der Waals surface area contributed by atoms with Gasteiger partial charge in [-0.3, -0.25) is 0 Å². The van der Waals surface area contributed by atoms with Gasteiger partial charge in [0.15, 0.2) is 0 Å². The zero-order valence-corrected chi connectivity index (χ0v) is 7.90. The van der Waals surface area contributed by atoms with Gasteiger partial charge in [0.2, 0.25) is 0 Å². The molecule has 0 bridgehead atoms. The maximum Gasteiger partial charge on any atom is -0.0232 e. The minimum Gasteiger partial charge on any atom is -0.0851 e. The van der Waals surface area contributed by atoms with E-state index < -0.39 is 0 Å². The Bertz CT molecular complexity index is 133. The van der Waals surface area contributed by atoms with Crippen LogP contribution in [0.25, 0.3) is 0 Å². The van der Waals surface area contributed by atoms with Gasteiger partial charge in [0, 0.05) is 0 Å². The first-order valence-electron chi connectivity index (χ1n) is 5.03. The fourth-order valence-corrected chi connectivity index (χ4v) is 1.94. The fraction of sp³-hybridized carbons (Fsp3) is 0.818. The van der Waals surface area contributed by atoms with Gasteiger partial charge in [0.05, 0.1) is 0 Å². The molecule has 11 heavy (non-hydrogen) atoms. The highest BCUT2D eigenvalue weighted by Crippen LogP contribution is 2.24. The monoisotopic (exact) mass is 152 g/mol. The van der Waals surface area contributed by atoms with Crippen molar-refractivity contribution in [2.75, 3.05) is 0 Å². The molecule has 1 aliphatic carbocycles. The number of allylic oxidation sites excluding steroid dienone is 2. The summed E-state index contributed by atoms with van der Waals surface area (Å²) in [5.41, 5.74) is 1.70. The van der Waals surface area contributed by atoms with Gasteiger partial charge in [-0.15, -0.1) is 0 Å². The maximum absolute atomic E-state index is 2.48. The minimum absolute atomic E-state index is 0.861. The second kappa shape index (κ2) is 4.58. The van der Waals surface area contributed by atoms with Crippen LogP contribution in [0.4, 0.5) is 0 Å². The van der Waals surface area contributed by atoms with Crippen molar-refractivity contribution in [3.8, 4) is 0 Å². The molecule has 64 valence electrons. The van der Waals surface area contributed by atoms with Crippen molar-refractivity contribution < 1.29 is 0 Å². The predicted octanol–water partition coefficient (Wildman–Crippen LogP) is 3.92. The van der Waals surface area contributed by atoms with Crippen LogP contribution in [0, 0.1) is 5.92 Å². The summed E-state index contributed by atoms with van der Waals surface area (Å²) in [7, 11) is 0. The Morgan fingerprint density at radius 1 is 1.36 bits per heavy atom. The van der Waals surface area contributed by atoms with Crippen LogP contribution in [0.1, 0.15) is 52.4 Å². The molecule has 0 aromatic heterocycles. The standard InChI is InChI=1S/C11H20/c1-3-11-9-7-5-4-6-8-10(11)2/h9-10H,3-8H2,1-2H3. The average Bonchev–Trinajstić information content (AvgIpc) is 1.98. The molecule has 0 aromatic rings. The van der Waals surface area contributed by atoms with Gasteiger partial charge in [-0.05, 0) is 31.6 Å². The van der Waals surface area contributed by atoms with Crippen LogP contribution in [-0.4, -0.2) is 0 Å². The lowest BCUT2D eigenvalue weighted by molar-refractivity contribution is 0.519. The molecule has 1 rings (SSSR count). The van der Waals surface area contributed by atoms with E-state index in [9.17, 15) is 0 Å². The van der Waals surface area contributed by atoms with Crippen molar-refractivity contribution in [1.29, 1.82) is 0 Å². The molecule has 0 spiro atoms. The summed E-state index contributed by atoms with van der Waals surface area (Å²) in [4.78, 5) is 0. The van der Waals surface area contributed by atoms with Crippen molar-refractivity contribution in [2.45, 2.75) is 52.4 Å². The van der Waals surface area contributed by atoms with Gasteiger partial charge in [-0.1, -0.05) is 38.3 Å². The highest BCUT2D eigenvalue weighted by Gasteiger charge is 2.08. The van der Waals surface area contributed by atoms with E-state index in [4.69, 9.17) is 0 Å². The van der Waals surface area contributed by atoms with Crippen LogP contribution < -0.4 is 0 Å². The number of hydrogen-bond acceptors (Lipinski definition) is 0. The Kier molecular flexibility index (Phi) is 3.68. The molecule has 1 unspecified atom stereocenters. The lowest BCUT2D eigenvalue weighted by atomic mass is 9.89. The van der Waals surface area contributed by atoms with Crippen molar-refractivity contribution in [1.82, 2.24) is 0 Å². The van der Waals surface area contributed by atoms with Crippen molar-refractivity contribution >= 4 is 0 Å². The largest absolute Gasteiger partial charge is 0.0851 e. The molecule has 0 saturated carbocycles. The molecule has 0 radical (unpaired) electrons. The maximum atomic E-state index is 2.48. The lowest BCUT2D eigenvalue weighted by Gasteiger charge is -2.17. The van der Waals surface area contributed by atoms with Gasteiger partial charge in [-0.2, -0.15) is 0 Å². The van der Waals surface area contributed by atoms with E-state index in [1.165, 1.54) is 38.5 Å². The molecule has 1 atom stereocenters. The third kappa shape index (κ3) is 2.69. The zero-order chi connectivity index (χ0) is 8.10. The summed E-state index contributed by atoms with van der Waals surface area (Å²) >= 11 is 0. The molecular formula is C11H20. The van der Waals surface area contributed by atoms with Crippen LogP contribution >= 0.6 is 0 Å². The number of rotatable bonds is 1. The second-order valence-electron chi connectivity index (χ2n) is 3.67. The second-order valence-corrected chi connectivity index (χ2v) is 3.67. The first-order chi connectivity index (χ1) is 5.34. The first-order valence-corrected chi connectivity index (χ1v) is 5.03. The third-order valence-electron chi connectivity index (χ3n) is 2.79. The Morgan fingerprint density at radius 3 is 2.91 bits per heavy atom. The Morgan fingerprint density at radius 2 is 2.18 bits per heavy atom. The summed E-state index contributed by atoms with van der Waals surface area (Å²) in [5, 5.41) is 0. The minimum atomic E-state index is 0.861. The predicted molar refractivity (Wildman–Crippen MR) is 50.6 cm³/mol. The summed E-state index contributed by atoms with van der Waals surface area (Å²) in [5.74, 6) is 0.861. The fourth-order valence-electron chi connectivity index (χ4n) is 1.94. The Hall–Kier alpha value is -0.260. The summed E-state index contributed by atoms with van der Waals surface area (Å²) in [6.45, 7) is 4.66. The molecule has 0 heteroatoms. The zero-order valence-electron chi connectivity index (χ0n) is 7.90. The van der Waals surface area contributed by atoms with Gasteiger partial charge in [0.25, 0.3) is 0 Å². The van der Waals surface area contributed by atoms with Crippen molar-refractivity contribution in [3.05, 3.63) is 11.6 Å². The van der Waals surface area contributed by atoms with E-state index >= 15 is 0 Å². The van der Waals surface area contributed by atoms with Gasteiger partial charge in [-0.25, -0.2) is 0 Å². The normalized spacial score (nSPS) is 27.1. The van der Waals surface area contributed by atoms with Gasteiger partial charge in [0.1, 0.15) is 0 Å². The van der Waals surface area contributed by atoms with Gasteiger partial charge >= 0.3 is 0 Å². The average molecular weight is 152 g/mol. The molecule has 0 heterocycles. The van der Waals surface area contributed by atoms with Crippen LogP contribution in [0.2, 0.25) is 0 Å². The van der Waals surface area contributed by atoms with E-state index in [0.29, 0.717) is 0 Å². The van der Waals surface area contributed by atoms with Crippen molar-refractivity contribution in [2.24, 2.45) is 5.92 Å². The van der Waals surface area contributed by atoms with E-state index in [-0.39, 0.29) is 0 Å². The lowest BCUT2D eigenvalue weighted by Crippen LogP contribution is -2.01. The molecule has 1 aliphatic rings. The molecule has 0 saturated heterocycles. The van der Waals surface area contributed by atoms with E-state index in [0.717, 1.165) is 5.92 Å². The SMILES string of the molecule is CCC1=CCCCCCC1C. The molecule has 0 nitrogen and oxygen atoms in total. The van der Waals surface area contributed by atoms with Crippen molar-refractivity contribution in [3.63, 3.8) is 0 Å². The van der Waals surface area contributed by atoms with Crippen LogP contribution in [0.15, 0.2) is 11.6 Å². The van der Waals surface area contributed by atoms with E-state index in [1.807, 2.05) is 0 Å². The van der Waals surface area contributed by atoms with E-state index in [2.05, 4.69) is 19.9 Å². The van der Waals surface area contributed by atoms with Crippen LogP contribution in [-0.2, 0) is 0 Å². The van der Waals surface area contributed by atoms with Gasteiger partial charge < -0.3 is 0 Å².